The molecule has 0 aromatic rings. The van der Waals surface area contributed by atoms with Gasteiger partial charge in [-0.25, -0.2) is 0 Å². The molecule has 6 heteroatoms. The van der Waals surface area contributed by atoms with Gasteiger partial charge in [0.15, 0.2) is 0 Å². The van der Waals surface area contributed by atoms with E-state index < -0.39 is 11.8 Å². The molecule has 0 rings (SSSR count). The van der Waals surface area contributed by atoms with Crippen molar-refractivity contribution in [1.82, 2.24) is 10.6 Å². The molecule has 0 aromatic carbocycles. The van der Waals surface area contributed by atoms with Crippen LogP contribution in [-0.4, -0.2) is 36.6 Å². The first kappa shape index (κ1) is 14.4. The zero-order chi connectivity index (χ0) is 12.2. The number of nitriles is 1. The van der Waals surface area contributed by atoms with E-state index in [0.29, 0.717) is 6.54 Å². The summed E-state index contributed by atoms with van der Waals surface area (Å²) in [5.74, 6) is -1.49. The minimum atomic E-state index is -0.781. The fraction of sp³-hybridized carbons (Fsp3) is 0.700. The number of amides is 2. The highest BCUT2D eigenvalue weighted by Crippen LogP contribution is 1.97. The lowest BCUT2D eigenvalue weighted by molar-refractivity contribution is -0.139. The maximum atomic E-state index is 11.1. The Labute approximate surface area is 94.6 Å². The third-order valence-corrected chi connectivity index (χ3v) is 1.90. The summed E-state index contributed by atoms with van der Waals surface area (Å²) in [6.07, 6.45) is 3.35. The molecule has 0 heterocycles. The fourth-order valence-electron chi connectivity index (χ4n) is 1.07. The molecule has 0 aromatic heterocycles. The first-order valence-corrected chi connectivity index (χ1v) is 5.26. The van der Waals surface area contributed by atoms with Crippen LogP contribution in [0.2, 0.25) is 0 Å². The smallest absolute Gasteiger partial charge is 0.310 e. The molecule has 0 saturated heterocycles. The molecule has 16 heavy (non-hydrogen) atoms. The van der Waals surface area contributed by atoms with Crippen LogP contribution < -0.4 is 10.6 Å². The van der Waals surface area contributed by atoms with Crippen LogP contribution in [0, 0.1) is 11.3 Å². The lowest BCUT2D eigenvalue weighted by Gasteiger charge is -2.03. The van der Waals surface area contributed by atoms with E-state index in [0.717, 1.165) is 25.7 Å². The molecule has 0 fully saturated rings. The molecule has 0 atom stereocenters. The molecular weight excluding hydrogens is 210 g/mol. The number of unbranched alkanes of at least 4 members (excludes halogenated alkanes) is 3. The molecule has 90 valence electrons. The molecule has 0 radical (unpaired) electrons. The molecule has 0 aliphatic heterocycles. The van der Waals surface area contributed by atoms with Crippen LogP contribution in [0.1, 0.15) is 25.7 Å². The highest BCUT2D eigenvalue weighted by molar-refractivity contribution is 6.35. The lowest BCUT2D eigenvalue weighted by atomic mass is 10.2. The number of aliphatic hydroxyl groups excluding tert-OH is 1. The van der Waals surface area contributed by atoms with Crippen molar-refractivity contribution in [2.45, 2.75) is 25.7 Å². The SMILES string of the molecule is N#CCNC(=O)C(=O)NCCCCCCO. The minimum absolute atomic E-state index is 0.164. The van der Waals surface area contributed by atoms with E-state index in [9.17, 15) is 9.59 Å². The molecule has 0 unspecified atom stereocenters. The van der Waals surface area contributed by atoms with Crippen molar-refractivity contribution in [2.75, 3.05) is 19.7 Å². The molecule has 0 saturated carbocycles. The van der Waals surface area contributed by atoms with E-state index in [4.69, 9.17) is 10.4 Å². The van der Waals surface area contributed by atoms with Gasteiger partial charge >= 0.3 is 11.8 Å². The zero-order valence-electron chi connectivity index (χ0n) is 9.16. The zero-order valence-corrected chi connectivity index (χ0v) is 9.16. The van der Waals surface area contributed by atoms with Gasteiger partial charge in [0.05, 0.1) is 6.07 Å². The molecule has 3 N–H and O–H groups in total. The Morgan fingerprint density at radius 2 is 1.69 bits per heavy atom. The average Bonchev–Trinajstić information content (AvgIpc) is 2.30. The quantitative estimate of drug-likeness (QED) is 0.304. The highest BCUT2D eigenvalue weighted by Gasteiger charge is 2.10. The molecule has 0 spiro atoms. The maximum Gasteiger partial charge on any atom is 0.310 e. The van der Waals surface area contributed by atoms with E-state index in [1.807, 2.05) is 0 Å². The van der Waals surface area contributed by atoms with Crippen LogP contribution in [0.4, 0.5) is 0 Å². The van der Waals surface area contributed by atoms with E-state index in [1.54, 1.807) is 6.07 Å². The Bertz CT molecular complexity index is 261. The van der Waals surface area contributed by atoms with Crippen molar-refractivity contribution in [1.29, 1.82) is 5.26 Å². The Morgan fingerprint density at radius 1 is 1.06 bits per heavy atom. The van der Waals surface area contributed by atoms with Gasteiger partial charge < -0.3 is 15.7 Å². The third-order valence-electron chi connectivity index (χ3n) is 1.90. The van der Waals surface area contributed by atoms with Gasteiger partial charge in [0.2, 0.25) is 0 Å². The number of carbonyl (C=O) groups excluding carboxylic acids is 2. The summed E-state index contributed by atoms with van der Waals surface area (Å²) in [6, 6.07) is 1.71. The third kappa shape index (κ3) is 7.76. The Balaban J connectivity index is 3.43. The standard InChI is InChI=1S/C10H17N3O3/c11-5-7-13-10(16)9(15)12-6-3-1-2-4-8-14/h14H,1-4,6-8H2,(H,12,15)(H,13,16). The average molecular weight is 227 g/mol. The van der Waals surface area contributed by atoms with E-state index in [-0.39, 0.29) is 13.2 Å². The topological polar surface area (TPSA) is 102 Å². The van der Waals surface area contributed by atoms with Crippen LogP contribution in [0.5, 0.6) is 0 Å². The van der Waals surface area contributed by atoms with Crippen LogP contribution in [-0.2, 0) is 9.59 Å². The molecule has 0 bridgehead atoms. The van der Waals surface area contributed by atoms with E-state index >= 15 is 0 Å². The number of carbonyl (C=O) groups is 2. The van der Waals surface area contributed by atoms with E-state index in [1.165, 1.54) is 0 Å². The number of hydrogen-bond acceptors (Lipinski definition) is 4. The van der Waals surface area contributed by atoms with Gasteiger partial charge in [0.1, 0.15) is 6.54 Å². The predicted molar refractivity (Wildman–Crippen MR) is 57.2 cm³/mol. The summed E-state index contributed by atoms with van der Waals surface area (Å²) >= 11 is 0. The highest BCUT2D eigenvalue weighted by atomic mass is 16.3. The predicted octanol–water partition coefficient (Wildman–Crippen LogP) is -0.705. The summed E-state index contributed by atoms with van der Waals surface area (Å²) in [5, 5.41) is 21.3. The summed E-state index contributed by atoms with van der Waals surface area (Å²) in [4.78, 5) is 22.0. The minimum Gasteiger partial charge on any atom is -0.396 e. The summed E-state index contributed by atoms with van der Waals surface area (Å²) in [6.45, 7) is 0.454. The van der Waals surface area contributed by atoms with Gasteiger partial charge in [-0.1, -0.05) is 12.8 Å². The number of aliphatic hydroxyl groups is 1. The number of rotatable bonds is 7. The van der Waals surface area contributed by atoms with Crippen LogP contribution in [0.15, 0.2) is 0 Å². The Hall–Kier alpha value is -1.61. The summed E-state index contributed by atoms with van der Waals surface area (Å²) < 4.78 is 0. The second-order valence-corrected chi connectivity index (χ2v) is 3.23. The van der Waals surface area contributed by atoms with Gasteiger partial charge in [0.25, 0.3) is 0 Å². The van der Waals surface area contributed by atoms with Crippen molar-refractivity contribution in [3.05, 3.63) is 0 Å². The Morgan fingerprint density at radius 3 is 2.31 bits per heavy atom. The Kier molecular flexibility index (Phi) is 8.93. The molecule has 2 amide bonds. The van der Waals surface area contributed by atoms with Crippen molar-refractivity contribution >= 4 is 11.8 Å². The normalized spacial score (nSPS) is 9.25. The van der Waals surface area contributed by atoms with Crippen molar-refractivity contribution < 1.29 is 14.7 Å². The second kappa shape index (κ2) is 9.93. The molecule has 0 aliphatic carbocycles. The van der Waals surface area contributed by atoms with Gasteiger partial charge in [0, 0.05) is 13.2 Å². The van der Waals surface area contributed by atoms with E-state index in [2.05, 4.69) is 10.6 Å². The molecular formula is C10H17N3O3. The van der Waals surface area contributed by atoms with Gasteiger partial charge in [-0.3, -0.25) is 9.59 Å². The number of nitrogens with one attached hydrogen (secondary N) is 2. The molecule has 0 aliphatic rings. The van der Waals surface area contributed by atoms with Crippen LogP contribution in [0.3, 0.4) is 0 Å². The van der Waals surface area contributed by atoms with Crippen molar-refractivity contribution in [2.24, 2.45) is 0 Å². The first-order chi connectivity index (χ1) is 7.72. The van der Waals surface area contributed by atoms with Crippen LogP contribution in [0.25, 0.3) is 0 Å². The number of nitrogens with zero attached hydrogens (tertiary/aromatic N) is 1. The van der Waals surface area contributed by atoms with Crippen molar-refractivity contribution in [3.63, 3.8) is 0 Å². The maximum absolute atomic E-state index is 11.1. The fourth-order valence-corrected chi connectivity index (χ4v) is 1.07. The van der Waals surface area contributed by atoms with Crippen molar-refractivity contribution in [3.8, 4) is 6.07 Å². The largest absolute Gasteiger partial charge is 0.396 e. The monoisotopic (exact) mass is 227 g/mol. The lowest BCUT2D eigenvalue weighted by Crippen LogP contribution is -2.40. The summed E-state index contributed by atoms with van der Waals surface area (Å²) in [5.41, 5.74) is 0. The molecule has 6 nitrogen and oxygen atoms in total. The van der Waals surface area contributed by atoms with Crippen LogP contribution >= 0.6 is 0 Å². The number of hydrogen-bond donors (Lipinski definition) is 3. The van der Waals surface area contributed by atoms with Gasteiger partial charge in [-0.2, -0.15) is 5.26 Å². The first-order valence-electron chi connectivity index (χ1n) is 5.26. The second-order valence-electron chi connectivity index (χ2n) is 3.23. The summed E-state index contributed by atoms with van der Waals surface area (Å²) in [7, 11) is 0. The van der Waals surface area contributed by atoms with Gasteiger partial charge in [-0.05, 0) is 12.8 Å². The van der Waals surface area contributed by atoms with Gasteiger partial charge in [-0.15, -0.1) is 0 Å².